The highest BCUT2D eigenvalue weighted by molar-refractivity contribution is 7.10. The molecule has 2 aromatic rings. The van der Waals surface area contributed by atoms with E-state index in [1.165, 1.54) is 0 Å². The van der Waals surface area contributed by atoms with Crippen molar-refractivity contribution in [2.45, 2.75) is 50.5 Å². The van der Waals surface area contributed by atoms with Crippen LogP contribution in [0.4, 0.5) is 0 Å². The summed E-state index contributed by atoms with van der Waals surface area (Å²) in [6, 6.07) is 4.00. The Morgan fingerprint density at radius 1 is 1.45 bits per heavy atom. The molecule has 5 nitrogen and oxygen atoms in total. The Morgan fingerprint density at radius 3 is 3.05 bits per heavy atom. The maximum Gasteiger partial charge on any atom is 0.231 e. The van der Waals surface area contributed by atoms with Crippen molar-refractivity contribution < 1.29 is 9.32 Å². The second kappa shape index (κ2) is 5.50. The van der Waals surface area contributed by atoms with Crippen LogP contribution in [-0.4, -0.2) is 27.5 Å². The van der Waals surface area contributed by atoms with Gasteiger partial charge in [0.1, 0.15) is 0 Å². The van der Waals surface area contributed by atoms with E-state index in [9.17, 15) is 4.79 Å². The van der Waals surface area contributed by atoms with Crippen LogP contribution < -0.4 is 0 Å². The van der Waals surface area contributed by atoms with Crippen molar-refractivity contribution in [3.8, 4) is 0 Å². The number of thiophene rings is 1. The minimum absolute atomic E-state index is 0.0221. The number of carbonyl (C=O) groups is 1. The maximum absolute atomic E-state index is 12.8. The van der Waals surface area contributed by atoms with Crippen LogP contribution in [0.2, 0.25) is 0 Å². The smallest absolute Gasteiger partial charge is 0.231 e. The Labute approximate surface area is 133 Å². The number of hydrogen-bond acceptors (Lipinski definition) is 5. The summed E-state index contributed by atoms with van der Waals surface area (Å²) in [6.45, 7) is 2.77. The van der Waals surface area contributed by atoms with E-state index in [-0.39, 0.29) is 17.9 Å². The highest BCUT2D eigenvalue weighted by Crippen LogP contribution is 2.40. The van der Waals surface area contributed by atoms with Crippen molar-refractivity contribution in [1.82, 2.24) is 15.0 Å². The zero-order valence-electron chi connectivity index (χ0n) is 12.6. The number of nitrogens with zero attached hydrogens (tertiary/aromatic N) is 3. The minimum Gasteiger partial charge on any atom is -0.339 e. The van der Waals surface area contributed by atoms with Gasteiger partial charge in [-0.25, -0.2) is 0 Å². The molecule has 3 heterocycles. The number of rotatable bonds is 4. The zero-order chi connectivity index (χ0) is 15.1. The van der Waals surface area contributed by atoms with Crippen molar-refractivity contribution in [2.75, 3.05) is 6.54 Å². The molecule has 0 spiro atoms. The molecule has 2 aromatic heterocycles. The predicted molar refractivity (Wildman–Crippen MR) is 82.7 cm³/mol. The van der Waals surface area contributed by atoms with Gasteiger partial charge in [-0.1, -0.05) is 11.2 Å². The fourth-order valence-electron chi connectivity index (χ4n) is 3.09. The SMILES string of the molecule is C[C@H](C(=O)N1CCC[C@@H]1c1noc(C2CC2)n1)c1cccs1. The molecule has 2 fully saturated rings. The van der Waals surface area contributed by atoms with Crippen LogP contribution in [0, 0.1) is 0 Å². The fourth-order valence-corrected chi connectivity index (χ4v) is 3.86. The molecule has 2 atom stereocenters. The van der Waals surface area contributed by atoms with Gasteiger partial charge in [-0.05, 0) is 44.1 Å². The van der Waals surface area contributed by atoms with Crippen molar-refractivity contribution in [1.29, 1.82) is 0 Å². The normalized spacial score (nSPS) is 23.0. The lowest BCUT2D eigenvalue weighted by Crippen LogP contribution is -2.34. The van der Waals surface area contributed by atoms with Crippen molar-refractivity contribution in [3.63, 3.8) is 0 Å². The van der Waals surface area contributed by atoms with Crippen LogP contribution >= 0.6 is 11.3 Å². The molecular formula is C16H19N3O2S. The largest absolute Gasteiger partial charge is 0.339 e. The van der Waals surface area contributed by atoms with Gasteiger partial charge in [-0.2, -0.15) is 4.98 Å². The van der Waals surface area contributed by atoms with E-state index < -0.39 is 0 Å². The summed E-state index contributed by atoms with van der Waals surface area (Å²) >= 11 is 1.63. The van der Waals surface area contributed by atoms with Gasteiger partial charge >= 0.3 is 0 Å². The van der Waals surface area contributed by atoms with E-state index in [0.29, 0.717) is 11.7 Å². The van der Waals surface area contributed by atoms with Gasteiger partial charge in [-0.3, -0.25) is 4.79 Å². The molecule has 4 rings (SSSR count). The molecular weight excluding hydrogens is 298 g/mol. The third-order valence-electron chi connectivity index (χ3n) is 4.56. The van der Waals surface area contributed by atoms with E-state index in [1.807, 2.05) is 29.3 Å². The van der Waals surface area contributed by atoms with Gasteiger partial charge in [0.2, 0.25) is 11.8 Å². The minimum atomic E-state index is -0.101. The molecule has 1 saturated carbocycles. The second-order valence-electron chi connectivity index (χ2n) is 6.19. The summed E-state index contributed by atoms with van der Waals surface area (Å²) in [5, 5.41) is 6.15. The van der Waals surface area contributed by atoms with Gasteiger partial charge in [0, 0.05) is 17.3 Å². The van der Waals surface area contributed by atoms with Crippen molar-refractivity contribution >= 4 is 17.2 Å². The van der Waals surface area contributed by atoms with E-state index >= 15 is 0 Å². The molecule has 1 saturated heterocycles. The molecule has 0 bridgehead atoms. The van der Waals surface area contributed by atoms with Crippen LogP contribution in [-0.2, 0) is 4.79 Å². The number of aromatic nitrogens is 2. The Balaban J connectivity index is 1.53. The fraction of sp³-hybridized carbons (Fsp3) is 0.562. The summed E-state index contributed by atoms with van der Waals surface area (Å²) in [6.07, 6.45) is 4.21. The predicted octanol–water partition coefficient (Wildman–Crippen LogP) is 3.48. The first-order chi connectivity index (χ1) is 10.7. The van der Waals surface area contributed by atoms with Crippen LogP contribution in [0.25, 0.3) is 0 Å². The molecule has 0 N–H and O–H groups in total. The summed E-state index contributed by atoms with van der Waals surface area (Å²) in [5.41, 5.74) is 0. The summed E-state index contributed by atoms with van der Waals surface area (Å²) in [7, 11) is 0. The van der Waals surface area contributed by atoms with E-state index in [4.69, 9.17) is 4.52 Å². The number of amides is 1. The third-order valence-corrected chi connectivity index (χ3v) is 5.61. The van der Waals surface area contributed by atoms with Crippen molar-refractivity contribution in [3.05, 3.63) is 34.1 Å². The van der Waals surface area contributed by atoms with Gasteiger partial charge < -0.3 is 9.42 Å². The van der Waals surface area contributed by atoms with Crippen LogP contribution in [0.1, 0.15) is 67.1 Å². The molecule has 2 aliphatic rings. The molecule has 1 amide bonds. The molecule has 0 aromatic carbocycles. The number of likely N-dealkylation sites (tertiary alicyclic amines) is 1. The Morgan fingerprint density at radius 2 is 2.32 bits per heavy atom. The third kappa shape index (κ3) is 2.45. The lowest BCUT2D eigenvalue weighted by Gasteiger charge is -2.25. The molecule has 116 valence electrons. The summed E-state index contributed by atoms with van der Waals surface area (Å²) in [4.78, 5) is 20.4. The summed E-state index contributed by atoms with van der Waals surface area (Å²) < 4.78 is 5.36. The maximum atomic E-state index is 12.8. The molecule has 1 aliphatic carbocycles. The first-order valence-corrected chi connectivity index (χ1v) is 8.79. The zero-order valence-corrected chi connectivity index (χ0v) is 13.4. The van der Waals surface area contributed by atoms with E-state index in [1.54, 1.807) is 11.3 Å². The van der Waals surface area contributed by atoms with Gasteiger partial charge in [-0.15, -0.1) is 11.3 Å². The molecule has 22 heavy (non-hydrogen) atoms. The summed E-state index contributed by atoms with van der Waals surface area (Å²) in [5.74, 6) is 1.96. The topological polar surface area (TPSA) is 59.2 Å². The first kappa shape index (κ1) is 13.9. The Hall–Kier alpha value is -1.69. The Bertz CT molecular complexity index is 663. The van der Waals surface area contributed by atoms with Gasteiger partial charge in [0.05, 0.1) is 12.0 Å². The first-order valence-electron chi connectivity index (χ1n) is 7.91. The molecule has 0 radical (unpaired) electrons. The van der Waals surface area contributed by atoms with Crippen LogP contribution in [0.15, 0.2) is 22.0 Å². The Kier molecular flexibility index (Phi) is 3.48. The highest BCUT2D eigenvalue weighted by Gasteiger charge is 2.37. The second-order valence-corrected chi connectivity index (χ2v) is 7.17. The van der Waals surface area contributed by atoms with E-state index in [2.05, 4.69) is 10.1 Å². The average Bonchev–Trinajstić information content (AvgIpc) is 3.02. The van der Waals surface area contributed by atoms with Gasteiger partial charge in [0.15, 0.2) is 5.82 Å². The molecule has 0 unspecified atom stereocenters. The lowest BCUT2D eigenvalue weighted by molar-refractivity contribution is -0.133. The standard InChI is InChI=1S/C16H19N3O2S/c1-10(13-5-3-9-22-13)16(20)19-8-2-4-12(19)14-17-15(21-18-14)11-6-7-11/h3,5,9-12H,2,4,6-8H2,1H3/t10-,12+/m0/s1. The van der Waals surface area contributed by atoms with Gasteiger partial charge in [0.25, 0.3) is 0 Å². The number of hydrogen-bond donors (Lipinski definition) is 0. The lowest BCUT2D eigenvalue weighted by atomic mass is 10.1. The quantitative estimate of drug-likeness (QED) is 0.866. The molecule has 6 heteroatoms. The van der Waals surface area contributed by atoms with Crippen molar-refractivity contribution in [2.24, 2.45) is 0 Å². The van der Waals surface area contributed by atoms with E-state index in [0.717, 1.165) is 43.0 Å². The average molecular weight is 317 g/mol. The van der Waals surface area contributed by atoms with Crippen LogP contribution in [0.5, 0.6) is 0 Å². The molecule has 1 aliphatic heterocycles. The number of carbonyl (C=O) groups excluding carboxylic acids is 1. The van der Waals surface area contributed by atoms with Crippen LogP contribution in [0.3, 0.4) is 0 Å². The highest BCUT2D eigenvalue weighted by atomic mass is 32.1. The monoisotopic (exact) mass is 317 g/mol.